The van der Waals surface area contributed by atoms with Crippen LogP contribution in [0.3, 0.4) is 0 Å². The number of rotatable bonds is 5. The molecule has 0 heterocycles. The van der Waals surface area contributed by atoms with Crippen molar-refractivity contribution in [3.8, 4) is 5.75 Å². The van der Waals surface area contributed by atoms with Crippen LogP contribution in [0.4, 0.5) is 5.69 Å². The first-order valence-corrected chi connectivity index (χ1v) is 5.27. The normalized spacial score (nSPS) is 12.3. The monoisotopic (exact) mass is 208 g/mol. The molecule has 1 rings (SSSR count). The van der Waals surface area contributed by atoms with E-state index >= 15 is 0 Å². The summed E-state index contributed by atoms with van der Waals surface area (Å²) < 4.78 is 5.19. The van der Waals surface area contributed by atoms with Crippen molar-refractivity contribution in [2.75, 3.05) is 19.0 Å². The molecule has 15 heavy (non-hydrogen) atoms. The summed E-state index contributed by atoms with van der Waals surface area (Å²) in [6.07, 6.45) is 0.977. The Hall–Kier alpha value is -1.22. The first-order chi connectivity index (χ1) is 7.13. The Morgan fingerprint density at radius 1 is 1.47 bits per heavy atom. The van der Waals surface area contributed by atoms with Gasteiger partial charge in [0.25, 0.3) is 0 Å². The van der Waals surface area contributed by atoms with Gasteiger partial charge < -0.3 is 15.8 Å². The summed E-state index contributed by atoms with van der Waals surface area (Å²) in [5.41, 5.74) is 7.93. The van der Waals surface area contributed by atoms with Gasteiger partial charge in [-0.15, -0.1) is 0 Å². The molecule has 0 aliphatic carbocycles. The van der Waals surface area contributed by atoms with Gasteiger partial charge >= 0.3 is 0 Å². The molecule has 0 fully saturated rings. The topological polar surface area (TPSA) is 47.3 Å². The van der Waals surface area contributed by atoms with Crippen molar-refractivity contribution in [2.24, 2.45) is 5.73 Å². The Kier molecular flexibility index (Phi) is 4.43. The Bertz CT molecular complexity index is 310. The fourth-order valence-corrected chi connectivity index (χ4v) is 1.43. The Balaban J connectivity index is 2.52. The van der Waals surface area contributed by atoms with E-state index in [0.717, 1.165) is 30.0 Å². The van der Waals surface area contributed by atoms with E-state index in [1.807, 2.05) is 26.0 Å². The molecule has 1 unspecified atom stereocenters. The number of anilines is 1. The molecule has 0 amide bonds. The van der Waals surface area contributed by atoms with Crippen molar-refractivity contribution in [3.63, 3.8) is 0 Å². The molecule has 0 saturated heterocycles. The molecule has 3 nitrogen and oxygen atoms in total. The van der Waals surface area contributed by atoms with Crippen LogP contribution in [0.2, 0.25) is 0 Å². The van der Waals surface area contributed by atoms with Gasteiger partial charge in [-0.25, -0.2) is 0 Å². The molecular formula is C12H20N2O. The fraction of sp³-hybridized carbons (Fsp3) is 0.500. The molecule has 0 aliphatic heterocycles. The number of nitrogens with two attached hydrogens (primary N) is 1. The highest BCUT2D eigenvalue weighted by Crippen LogP contribution is 2.21. The molecule has 0 bridgehead atoms. The SMILES string of the molecule is COc1ccc(NCCC(C)N)cc1C. The number of hydrogen-bond donors (Lipinski definition) is 2. The van der Waals surface area contributed by atoms with Gasteiger partial charge in [-0.3, -0.25) is 0 Å². The Morgan fingerprint density at radius 3 is 2.73 bits per heavy atom. The first kappa shape index (κ1) is 11.9. The van der Waals surface area contributed by atoms with E-state index in [1.54, 1.807) is 7.11 Å². The average molecular weight is 208 g/mol. The van der Waals surface area contributed by atoms with Crippen LogP contribution < -0.4 is 15.8 Å². The van der Waals surface area contributed by atoms with Gasteiger partial charge in [0.15, 0.2) is 0 Å². The second-order valence-electron chi connectivity index (χ2n) is 3.88. The van der Waals surface area contributed by atoms with E-state index in [2.05, 4.69) is 11.4 Å². The number of methoxy groups -OCH3 is 1. The maximum absolute atomic E-state index is 5.67. The van der Waals surface area contributed by atoms with Crippen molar-refractivity contribution in [3.05, 3.63) is 23.8 Å². The van der Waals surface area contributed by atoms with Crippen molar-refractivity contribution < 1.29 is 4.74 Å². The predicted octanol–water partition coefficient (Wildman–Crippen LogP) is 2.15. The highest BCUT2D eigenvalue weighted by atomic mass is 16.5. The third-order valence-corrected chi connectivity index (χ3v) is 2.32. The molecule has 84 valence electrons. The van der Waals surface area contributed by atoms with Crippen LogP contribution in [0.1, 0.15) is 18.9 Å². The van der Waals surface area contributed by atoms with Gasteiger partial charge in [0.05, 0.1) is 7.11 Å². The van der Waals surface area contributed by atoms with Crippen molar-refractivity contribution in [1.82, 2.24) is 0 Å². The minimum absolute atomic E-state index is 0.247. The first-order valence-electron chi connectivity index (χ1n) is 5.27. The van der Waals surface area contributed by atoms with Gasteiger partial charge in [-0.1, -0.05) is 0 Å². The van der Waals surface area contributed by atoms with Gasteiger partial charge in [0.1, 0.15) is 5.75 Å². The van der Waals surface area contributed by atoms with E-state index in [0.29, 0.717) is 0 Å². The van der Waals surface area contributed by atoms with E-state index in [9.17, 15) is 0 Å². The lowest BCUT2D eigenvalue weighted by Gasteiger charge is -2.10. The zero-order chi connectivity index (χ0) is 11.3. The summed E-state index contributed by atoms with van der Waals surface area (Å²) in [7, 11) is 1.69. The van der Waals surface area contributed by atoms with Crippen molar-refractivity contribution in [2.45, 2.75) is 26.3 Å². The summed E-state index contributed by atoms with van der Waals surface area (Å²) in [5, 5.41) is 3.33. The zero-order valence-electron chi connectivity index (χ0n) is 9.71. The highest BCUT2D eigenvalue weighted by molar-refractivity contribution is 5.50. The molecular weight excluding hydrogens is 188 g/mol. The number of aryl methyl sites for hydroxylation is 1. The minimum Gasteiger partial charge on any atom is -0.496 e. The van der Waals surface area contributed by atoms with Gasteiger partial charge in [0.2, 0.25) is 0 Å². The Morgan fingerprint density at radius 2 is 2.20 bits per heavy atom. The summed E-state index contributed by atoms with van der Waals surface area (Å²) in [5.74, 6) is 0.924. The number of hydrogen-bond acceptors (Lipinski definition) is 3. The summed E-state index contributed by atoms with van der Waals surface area (Å²) in [6.45, 7) is 4.96. The molecule has 0 radical (unpaired) electrons. The fourth-order valence-electron chi connectivity index (χ4n) is 1.43. The van der Waals surface area contributed by atoms with E-state index in [-0.39, 0.29) is 6.04 Å². The molecule has 1 aromatic carbocycles. The minimum atomic E-state index is 0.247. The van der Waals surface area contributed by atoms with Crippen molar-refractivity contribution >= 4 is 5.69 Å². The average Bonchev–Trinajstić information content (AvgIpc) is 2.17. The lowest BCUT2D eigenvalue weighted by atomic mass is 10.2. The van der Waals surface area contributed by atoms with Crippen LogP contribution in [-0.4, -0.2) is 19.7 Å². The lowest BCUT2D eigenvalue weighted by Crippen LogP contribution is -2.19. The van der Waals surface area contributed by atoms with E-state index in [4.69, 9.17) is 10.5 Å². The lowest BCUT2D eigenvalue weighted by molar-refractivity contribution is 0.412. The molecule has 1 aromatic rings. The number of ether oxygens (including phenoxy) is 1. The van der Waals surface area contributed by atoms with Gasteiger partial charge in [-0.2, -0.15) is 0 Å². The summed E-state index contributed by atoms with van der Waals surface area (Å²) in [6, 6.07) is 6.33. The van der Waals surface area contributed by atoms with E-state index < -0.39 is 0 Å². The van der Waals surface area contributed by atoms with Gasteiger partial charge in [-0.05, 0) is 44.0 Å². The molecule has 3 heteroatoms. The second kappa shape index (κ2) is 5.61. The molecule has 0 aromatic heterocycles. The molecule has 0 aliphatic rings. The zero-order valence-corrected chi connectivity index (χ0v) is 9.71. The number of nitrogens with one attached hydrogen (secondary N) is 1. The third-order valence-electron chi connectivity index (χ3n) is 2.32. The van der Waals surface area contributed by atoms with Crippen LogP contribution >= 0.6 is 0 Å². The largest absolute Gasteiger partial charge is 0.496 e. The van der Waals surface area contributed by atoms with Crippen molar-refractivity contribution in [1.29, 1.82) is 0 Å². The molecule has 1 atom stereocenters. The standard InChI is InChI=1S/C12H20N2O/c1-9-8-11(4-5-12(9)15-3)14-7-6-10(2)13/h4-5,8,10,14H,6-7,13H2,1-3H3. The maximum Gasteiger partial charge on any atom is 0.121 e. The molecule has 0 saturated carbocycles. The van der Waals surface area contributed by atoms with Gasteiger partial charge in [0, 0.05) is 18.3 Å². The van der Waals surface area contributed by atoms with Crippen LogP contribution in [0.15, 0.2) is 18.2 Å². The quantitative estimate of drug-likeness (QED) is 0.779. The molecule has 0 spiro atoms. The maximum atomic E-state index is 5.67. The summed E-state index contributed by atoms with van der Waals surface area (Å²) in [4.78, 5) is 0. The third kappa shape index (κ3) is 3.80. The van der Waals surface area contributed by atoms with Crippen LogP contribution in [0, 0.1) is 6.92 Å². The van der Waals surface area contributed by atoms with E-state index in [1.165, 1.54) is 0 Å². The van der Waals surface area contributed by atoms with Crippen LogP contribution in [0.25, 0.3) is 0 Å². The molecule has 3 N–H and O–H groups in total. The predicted molar refractivity (Wildman–Crippen MR) is 64.5 cm³/mol. The number of benzene rings is 1. The van der Waals surface area contributed by atoms with Crippen LogP contribution in [-0.2, 0) is 0 Å². The van der Waals surface area contributed by atoms with Crippen LogP contribution in [0.5, 0.6) is 5.75 Å². The highest BCUT2D eigenvalue weighted by Gasteiger charge is 1.99. The summed E-state index contributed by atoms with van der Waals surface area (Å²) >= 11 is 0. The Labute approximate surface area is 91.6 Å². The second-order valence-corrected chi connectivity index (χ2v) is 3.88. The smallest absolute Gasteiger partial charge is 0.121 e.